The Hall–Kier alpha value is -3.51. The van der Waals surface area contributed by atoms with E-state index >= 15 is 0 Å². The average molecular weight is 386 g/mol. The third-order valence-corrected chi connectivity index (χ3v) is 4.97. The molecule has 0 saturated heterocycles. The molecule has 3 aromatic carbocycles. The van der Waals surface area contributed by atoms with Gasteiger partial charge in [0.25, 0.3) is 5.91 Å². The van der Waals surface area contributed by atoms with Crippen LogP contribution in [0, 0.1) is 6.92 Å². The molecule has 0 spiro atoms. The molecule has 4 rings (SSSR count). The van der Waals surface area contributed by atoms with Crippen LogP contribution in [0.4, 0.5) is 0 Å². The number of aromatic nitrogens is 3. The summed E-state index contributed by atoms with van der Waals surface area (Å²) in [6, 6.07) is 23.4. The van der Waals surface area contributed by atoms with Crippen molar-refractivity contribution in [2.24, 2.45) is 0 Å². The van der Waals surface area contributed by atoms with Crippen LogP contribution in [0.3, 0.4) is 0 Å². The van der Waals surface area contributed by atoms with Gasteiger partial charge in [-0.2, -0.15) is 0 Å². The minimum absolute atomic E-state index is 0.154. The minimum Gasteiger partial charge on any atom is -0.394 e. The summed E-state index contributed by atoms with van der Waals surface area (Å²) in [7, 11) is 0. The van der Waals surface area contributed by atoms with Crippen LogP contribution >= 0.6 is 0 Å². The molecule has 0 saturated carbocycles. The topological polar surface area (TPSA) is 80.0 Å². The van der Waals surface area contributed by atoms with Crippen LogP contribution in [0.5, 0.6) is 0 Å². The molecule has 0 aliphatic rings. The zero-order chi connectivity index (χ0) is 20.2. The second-order valence-electron chi connectivity index (χ2n) is 7.01. The van der Waals surface area contributed by atoms with Crippen molar-refractivity contribution < 1.29 is 9.90 Å². The van der Waals surface area contributed by atoms with Gasteiger partial charge in [0, 0.05) is 0 Å². The minimum atomic E-state index is -0.393. The van der Waals surface area contributed by atoms with E-state index < -0.39 is 6.04 Å². The molecule has 6 nitrogen and oxygen atoms in total. The van der Waals surface area contributed by atoms with Crippen LogP contribution < -0.4 is 5.32 Å². The number of hydrogen-bond donors (Lipinski definition) is 2. The van der Waals surface area contributed by atoms with Crippen molar-refractivity contribution >= 4 is 16.7 Å². The summed E-state index contributed by atoms with van der Waals surface area (Å²) in [4.78, 5) is 12.7. The predicted octanol–water partition coefficient (Wildman–Crippen LogP) is 3.06. The fourth-order valence-corrected chi connectivity index (χ4v) is 3.41. The molecule has 0 aliphatic heterocycles. The molecule has 1 amide bonds. The highest BCUT2D eigenvalue weighted by Gasteiger charge is 2.20. The Balaban J connectivity index is 1.54. The van der Waals surface area contributed by atoms with Crippen LogP contribution in [0.1, 0.15) is 21.7 Å². The largest absolute Gasteiger partial charge is 0.394 e. The second kappa shape index (κ2) is 8.24. The molecular weight excluding hydrogens is 364 g/mol. The van der Waals surface area contributed by atoms with Crippen molar-refractivity contribution in [2.75, 3.05) is 6.61 Å². The average Bonchev–Trinajstić information content (AvgIpc) is 3.15. The van der Waals surface area contributed by atoms with E-state index in [1.165, 1.54) is 0 Å². The quantitative estimate of drug-likeness (QED) is 0.534. The summed E-state index contributed by atoms with van der Waals surface area (Å²) in [5.74, 6) is -0.343. The first-order valence-electron chi connectivity index (χ1n) is 9.53. The molecule has 146 valence electrons. The SMILES string of the molecule is Cc1c(C(=O)N[C@H](CO)Cc2ccccc2)nnn1-c1ccc2ccccc2c1. The summed E-state index contributed by atoms with van der Waals surface area (Å²) in [5.41, 5.74) is 2.79. The molecule has 0 bridgehead atoms. The van der Waals surface area contributed by atoms with Crippen LogP contribution in [0.15, 0.2) is 72.8 Å². The molecule has 1 atom stereocenters. The Bertz CT molecular complexity index is 1140. The van der Waals surface area contributed by atoms with Crippen molar-refractivity contribution in [3.8, 4) is 5.69 Å². The van der Waals surface area contributed by atoms with Gasteiger partial charge in [0.1, 0.15) is 0 Å². The van der Waals surface area contributed by atoms with E-state index in [0.717, 1.165) is 22.0 Å². The third kappa shape index (κ3) is 4.02. The number of fused-ring (bicyclic) bond motifs is 1. The van der Waals surface area contributed by atoms with Crippen molar-refractivity contribution in [3.05, 3.63) is 89.7 Å². The van der Waals surface area contributed by atoms with Crippen LogP contribution in [-0.4, -0.2) is 38.7 Å². The summed E-state index contributed by atoms with van der Waals surface area (Å²) in [6.45, 7) is 1.66. The number of aliphatic hydroxyl groups excluding tert-OH is 1. The molecular formula is C23H22N4O2. The predicted molar refractivity (Wildman–Crippen MR) is 112 cm³/mol. The highest BCUT2D eigenvalue weighted by atomic mass is 16.3. The lowest BCUT2D eigenvalue weighted by Gasteiger charge is -2.16. The summed E-state index contributed by atoms with van der Waals surface area (Å²) < 4.78 is 1.66. The highest BCUT2D eigenvalue weighted by molar-refractivity contribution is 5.93. The second-order valence-corrected chi connectivity index (χ2v) is 7.01. The zero-order valence-corrected chi connectivity index (χ0v) is 16.1. The maximum absolute atomic E-state index is 12.7. The Morgan fingerprint density at radius 3 is 2.52 bits per heavy atom. The number of rotatable bonds is 6. The van der Waals surface area contributed by atoms with Gasteiger partial charge in [-0.25, -0.2) is 4.68 Å². The normalized spacial score (nSPS) is 12.1. The fraction of sp³-hybridized carbons (Fsp3) is 0.174. The van der Waals surface area contributed by atoms with Gasteiger partial charge in [-0.05, 0) is 41.8 Å². The van der Waals surface area contributed by atoms with E-state index in [-0.39, 0.29) is 18.2 Å². The van der Waals surface area contributed by atoms with Gasteiger partial charge in [0.2, 0.25) is 0 Å². The van der Waals surface area contributed by atoms with Gasteiger partial charge >= 0.3 is 0 Å². The van der Waals surface area contributed by atoms with Crippen molar-refractivity contribution in [1.29, 1.82) is 0 Å². The third-order valence-electron chi connectivity index (χ3n) is 4.97. The van der Waals surface area contributed by atoms with E-state index in [1.54, 1.807) is 4.68 Å². The van der Waals surface area contributed by atoms with Crippen molar-refractivity contribution in [2.45, 2.75) is 19.4 Å². The lowest BCUT2D eigenvalue weighted by Crippen LogP contribution is -2.39. The van der Waals surface area contributed by atoms with Gasteiger partial charge in [-0.15, -0.1) is 5.10 Å². The van der Waals surface area contributed by atoms with E-state index in [0.29, 0.717) is 12.1 Å². The van der Waals surface area contributed by atoms with Crippen LogP contribution in [-0.2, 0) is 6.42 Å². The van der Waals surface area contributed by atoms with Gasteiger partial charge in [-0.3, -0.25) is 4.79 Å². The number of carbonyl (C=O) groups excluding carboxylic acids is 1. The Morgan fingerprint density at radius 1 is 1.03 bits per heavy atom. The molecule has 6 heteroatoms. The number of hydrogen-bond acceptors (Lipinski definition) is 4. The number of nitrogens with one attached hydrogen (secondary N) is 1. The van der Waals surface area contributed by atoms with Gasteiger partial charge in [0.15, 0.2) is 5.69 Å². The molecule has 29 heavy (non-hydrogen) atoms. The van der Waals surface area contributed by atoms with Crippen LogP contribution in [0.2, 0.25) is 0 Å². The molecule has 2 N–H and O–H groups in total. The molecule has 0 fully saturated rings. The Labute approximate surface area is 168 Å². The van der Waals surface area contributed by atoms with Gasteiger partial charge in [-0.1, -0.05) is 65.9 Å². The lowest BCUT2D eigenvalue weighted by atomic mass is 10.1. The van der Waals surface area contributed by atoms with Gasteiger partial charge in [0.05, 0.1) is 24.0 Å². The Kier molecular flexibility index (Phi) is 5.35. The van der Waals surface area contributed by atoms with E-state index in [4.69, 9.17) is 0 Å². The summed E-state index contributed by atoms with van der Waals surface area (Å²) in [5, 5.41) is 23.0. The number of benzene rings is 3. The number of nitrogens with zero attached hydrogens (tertiary/aromatic N) is 3. The Morgan fingerprint density at radius 2 is 1.76 bits per heavy atom. The standard InChI is InChI=1S/C23H22N4O2/c1-16-22(23(29)24-20(15-28)13-17-7-3-2-4-8-17)25-26-27(16)21-12-11-18-9-5-6-10-19(18)14-21/h2-12,14,20,28H,13,15H2,1H3,(H,24,29)/t20-/m0/s1. The molecule has 1 aromatic heterocycles. The fourth-order valence-electron chi connectivity index (χ4n) is 3.41. The van der Waals surface area contributed by atoms with E-state index in [2.05, 4.69) is 15.6 Å². The van der Waals surface area contributed by atoms with E-state index in [1.807, 2.05) is 79.7 Å². The number of carbonyl (C=O) groups is 1. The number of amides is 1. The first-order valence-corrected chi connectivity index (χ1v) is 9.53. The van der Waals surface area contributed by atoms with Crippen molar-refractivity contribution in [1.82, 2.24) is 20.3 Å². The summed E-state index contributed by atoms with van der Waals surface area (Å²) in [6.07, 6.45) is 0.543. The first-order chi connectivity index (χ1) is 14.2. The molecule has 4 aromatic rings. The molecule has 0 unspecified atom stereocenters. The van der Waals surface area contributed by atoms with Crippen molar-refractivity contribution in [3.63, 3.8) is 0 Å². The number of aliphatic hydroxyl groups is 1. The monoisotopic (exact) mass is 386 g/mol. The molecule has 1 heterocycles. The van der Waals surface area contributed by atoms with Crippen LogP contribution in [0.25, 0.3) is 16.5 Å². The zero-order valence-electron chi connectivity index (χ0n) is 16.1. The van der Waals surface area contributed by atoms with Gasteiger partial charge < -0.3 is 10.4 Å². The molecule has 0 radical (unpaired) electrons. The maximum Gasteiger partial charge on any atom is 0.274 e. The highest BCUT2D eigenvalue weighted by Crippen LogP contribution is 2.19. The lowest BCUT2D eigenvalue weighted by molar-refractivity contribution is 0.0910. The summed E-state index contributed by atoms with van der Waals surface area (Å²) >= 11 is 0. The van der Waals surface area contributed by atoms with E-state index in [9.17, 15) is 9.90 Å². The maximum atomic E-state index is 12.7. The smallest absolute Gasteiger partial charge is 0.274 e. The first kappa shape index (κ1) is 18.8. The molecule has 0 aliphatic carbocycles.